The summed E-state index contributed by atoms with van der Waals surface area (Å²) >= 11 is 0. The Hall–Kier alpha value is -2.76. The number of allylic oxidation sites excluding steroid dienone is 2. The van der Waals surface area contributed by atoms with Crippen LogP contribution in [0.5, 0.6) is 0 Å². The zero-order valence-electron chi connectivity index (χ0n) is 14.6. The van der Waals surface area contributed by atoms with Gasteiger partial charge in [-0.25, -0.2) is 4.79 Å². The molecule has 2 aromatic carbocycles. The van der Waals surface area contributed by atoms with Crippen molar-refractivity contribution in [2.75, 3.05) is 12.4 Å². The maximum atomic E-state index is 13.5. The largest absolute Gasteiger partial charge is 0.465 e. The number of ether oxygens (including phenoxy) is 1. The monoisotopic (exact) mass is 373 g/mol. The number of hydrogen-bond acceptors (Lipinski definition) is 3. The van der Waals surface area contributed by atoms with E-state index < -0.39 is 17.7 Å². The Morgan fingerprint density at radius 2 is 1.89 bits per heavy atom. The van der Waals surface area contributed by atoms with E-state index in [1.54, 1.807) is 30.3 Å². The highest BCUT2D eigenvalue weighted by Crippen LogP contribution is 2.52. The quantitative estimate of drug-likeness (QED) is 0.572. The number of esters is 1. The fourth-order valence-electron chi connectivity index (χ4n) is 4.13. The first-order valence-corrected chi connectivity index (χ1v) is 8.71. The lowest BCUT2D eigenvalue weighted by Gasteiger charge is -2.38. The van der Waals surface area contributed by atoms with Gasteiger partial charge >= 0.3 is 12.1 Å². The van der Waals surface area contributed by atoms with E-state index in [2.05, 4.69) is 5.32 Å². The molecule has 0 amide bonds. The number of benzene rings is 2. The number of anilines is 1. The lowest BCUT2D eigenvalue weighted by atomic mass is 9.76. The molecule has 2 aliphatic rings. The molecule has 0 radical (unpaired) electrons. The summed E-state index contributed by atoms with van der Waals surface area (Å²) in [6.45, 7) is 0. The van der Waals surface area contributed by atoms with Crippen LogP contribution in [-0.2, 0) is 10.9 Å². The molecule has 1 aliphatic heterocycles. The molecule has 3 nitrogen and oxygen atoms in total. The van der Waals surface area contributed by atoms with Gasteiger partial charge in [0.05, 0.1) is 30.0 Å². The highest BCUT2D eigenvalue weighted by Gasteiger charge is 2.42. The number of nitrogens with one attached hydrogen (secondary N) is 1. The van der Waals surface area contributed by atoms with E-state index >= 15 is 0 Å². The second-order valence-electron chi connectivity index (χ2n) is 6.86. The SMILES string of the molecule is COC(=O)c1ccc([C@@H]2Nc3c(cccc3C(F)(F)F)[C@@H]3C=CC[C@H]32)cc1. The molecule has 0 saturated heterocycles. The van der Waals surface area contributed by atoms with E-state index in [1.165, 1.54) is 13.2 Å². The van der Waals surface area contributed by atoms with Crippen LogP contribution < -0.4 is 5.32 Å². The first-order chi connectivity index (χ1) is 12.9. The average molecular weight is 373 g/mol. The zero-order valence-corrected chi connectivity index (χ0v) is 14.6. The van der Waals surface area contributed by atoms with Gasteiger partial charge in [-0.3, -0.25) is 0 Å². The van der Waals surface area contributed by atoms with Crippen molar-refractivity contribution in [2.24, 2.45) is 5.92 Å². The fourth-order valence-corrected chi connectivity index (χ4v) is 4.13. The van der Waals surface area contributed by atoms with Gasteiger partial charge in [-0.2, -0.15) is 13.2 Å². The van der Waals surface area contributed by atoms with Crippen molar-refractivity contribution < 1.29 is 22.7 Å². The Balaban J connectivity index is 1.76. The van der Waals surface area contributed by atoms with E-state index in [-0.39, 0.29) is 23.6 Å². The minimum atomic E-state index is -4.42. The third-order valence-electron chi connectivity index (χ3n) is 5.39. The smallest absolute Gasteiger partial charge is 0.418 e. The third-order valence-corrected chi connectivity index (χ3v) is 5.39. The summed E-state index contributed by atoms with van der Waals surface area (Å²) in [6.07, 6.45) is 0.395. The average Bonchev–Trinajstić information content (AvgIpc) is 3.15. The molecule has 0 aromatic heterocycles. The topological polar surface area (TPSA) is 38.3 Å². The molecule has 0 unspecified atom stereocenters. The van der Waals surface area contributed by atoms with Gasteiger partial charge in [0.15, 0.2) is 0 Å². The Kier molecular flexibility index (Phi) is 4.21. The van der Waals surface area contributed by atoms with Crippen molar-refractivity contribution in [3.05, 3.63) is 76.9 Å². The molecular formula is C21H18F3NO2. The lowest BCUT2D eigenvalue weighted by molar-refractivity contribution is -0.137. The van der Waals surface area contributed by atoms with E-state index in [1.807, 2.05) is 12.2 Å². The summed E-state index contributed by atoms with van der Waals surface area (Å²) in [5.74, 6) is -0.373. The molecule has 0 fully saturated rings. The summed E-state index contributed by atoms with van der Waals surface area (Å²) < 4.78 is 45.3. The minimum Gasteiger partial charge on any atom is -0.465 e. The molecule has 3 atom stereocenters. The second kappa shape index (κ2) is 6.44. The third kappa shape index (κ3) is 2.99. The number of halogens is 3. The van der Waals surface area contributed by atoms with E-state index in [9.17, 15) is 18.0 Å². The van der Waals surface area contributed by atoms with Crippen molar-refractivity contribution >= 4 is 11.7 Å². The first kappa shape index (κ1) is 17.6. The summed E-state index contributed by atoms with van der Waals surface area (Å²) in [4.78, 5) is 11.6. The first-order valence-electron chi connectivity index (χ1n) is 8.71. The molecule has 6 heteroatoms. The van der Waals surface area contributed by atoms with Crippen LogP contribution in [0.15, 0.2) is 54.6 Å². The van der Waals surface area contributed by atoms with Gasteiger partial charge in [-0.05, 0) is 41.7 Å². The van der Waals surface area contributed by atoms with Gasteiger partial charge in [-0.1, -0.05) is 36.4 Å². The van der Waals surface area contributed by atoms with Gasteiger partial charge in [0.2, 0.25) is 0 Å². The molecule has 0 bridgehead atoms. The number of carbonyl (C=O) groups is 1. The van der Waals surface area contributed by atoms with Crippen LogP contribution in [0.2, 0.25) is 0 Å². The molecule has 0 saturated carbocycles. The second-order valence-corrected chi connectivity index (χ2v) is 6.86. The zero-order chi connectivity index (χ0) is 19.2. The summed E-state index contributed by atoms with van der Waals surface area (Å²) in [6, 6.07) is 10.9. The Bertz CT molecular complexity index is 903. The van der Waals surface area contributed by atoms with Crippen molar-refractivity contribution in [1.82, 2.24) is 0 Å². The van der Waals surface area contributed by atoms with Crippen LogP contribution in [0.1, 0.15) is 45.4 Å². The summed E-state index contributed by atoms with van der Waals surface area (Å²) in [5, 5.41) is 3.15. The predicted molar refractivity (Wildman–Crippen MR) is 95.6 cm³/mol. The molecule has 27 heavy (non-hydrogen) atoms. The maximum absolute atomic E-state index is 13.5. The molecule has 1 aliphatic carbocycles. The van der Waals surface area contributed by atoms with Crippen LogP contribution in [0.4, 0.5) is 18.9 Å². The van der Waals surface area contributed by atoms with Crippen LogP contribution in [-0.4, -0.2) is 13.1 Å². The number of methoxy groups -OCH3 is 1. The Morgan fingerprint density at radius 3 is 2.56 bits per heavy atom. The standard InChI is InChI=1S/C21H18F3NO2/c1-27-20(26)13-10-8-12(9-11-13)18-15-5-2-4-14(15)16-6-3-7-17(19(16)25-18)21(22,23)24/h2-4,6-11,14-15,18,25H,5H2,1H3/t14-,15-,18+/m1/s1. The Labute approximate surface area is 154 Å². The maximum Gasteiger partial charge on any atom is 0.418 e. The van der Waals surface area contributed by atoms with Crippen molar-refractivity contribution in [1.29, 1.82) is 0 Å². The number of carbonyl (C=O) groups excluding carboxylic acids is 1. The number of rotatable bonds is 2. The molecule has 2 aromatic rings. The van der Waals surface area contributed by atoms with Gasteiger partial charge in [-0.15, -0.1) is 0 Å². The van der Waals surface area contributed by atoms with Crippen molar-refractivity contribution in [3.63, 3.8) is 0 Å². The van der Waals surface area contributed by atoms with E-state index in [0.717, 1.165) is 18.1 Å². The van der Waals surface area contributed by atoms with Crippen molar-refractivity contribution in [3.8, 4) is 0 Å². The number of para-hydroxylation sites is 1. The van der Waals surface area contributed by atoms with Gasteiger partial charge < -0.3 is 10.1 Å². The molecule has 0 spiro atoms. The predicted octanol–water partition coefficient (Wildman–Crippen LogP) is 5.32. The van der Waals surface area contributed by atoms with Crippen LogP contribution in [0.3, 0.4) is 0 Å². The van der Waals surface area contributed by atoms with Crippen molar-refractivity contribution in [2.45, 2.75) is 24.6 Å². The Morgan fingerprint density at radius 1 is 1.15 bits per heavy atom. The van der Waals surface area contributed by atoms with Gasteiger partial charge in [0.1, 0.15) is 0 Å². The van der Waals surface area contributed by atoms with Crippen LogP contribution >= 0.6 is 0 Å². The minimum absolute atomic E-state index is 0.0613. The molecule has 1 heterocycles. The highest BCUT2D eigenvalue weighted by atomic mass is 19.4. The van der Waals surface area contributed by atoms with Gasteiger partial charge in [0, 0.05) is 5.92 Å². The molecule has 140 valence electrons. The number of alkyl halides is 3. The van der Waals surface area contributed by atoms with Crippen LogP contribution in [0, 0.1) is 5.92 Å². The van der Waals surface area contributed by atoms with Gasteiger partial charge in [0.25, 0.3) is 0 Å². The molecule has 4 rings (SSSR count). The van der Waals surface area contributed by atoms with E-state index in [0.29, 0.717) is 11.1 Å². The molecule has 1 N–H and O–H groups in total. The normalized spacial score (nSPS) is 23.3. The summed E-state index contributed by atoms with van der Waals surface area (Å²) in [7, 11) is 1.31. The summed E-state index contributed by atoms with van der Waals surface area (Å²) in [5.41, 5.74) is 1.46. The number of fused-ring (bicyclic) bond motifs is 3. The highest BCUT2D eigenvalue weighted by molar-refractivity contribution is 5.89. The van der Waals surface area contributed by atoms with Crippen LogP contribution in [0.25, 0.3) is 0 Å². The lowest BCUT2D eigenvalue weighted by Crippen LogP contribution is -2.30. The fraction of sp³-hybridized carbons (Fsp3) is 0.286. The number of hydrogen-bond donors (Lipinski definition) is 1. The van der Waals surface area contributed by atoms with E-state index in [4.69, 9.17) is 4.74 Å². The molecular weight excluding hydrogens is 355 g/mol.